The fourth-order valence-corrected chi connectivity index (χ4v) is 3.14. The van der Waals surface area contributed by atoms with Crippen LogP contribution in [0.25, 0.3) is 10.8 Å². The Morgan fingerprint density at radius 3 is 2.39 bits per heavy atom. The Morgan fingerprint density at radius 2 is 1.65 bits per heavy atom. The molecule has 31 heavy (non-hydrogen) atoms. The van der Waals surface area contributed by atoms with E-state index in [0.717, 1.165) is 16.5 Å². The van der Waals surface area contributed by atoms with Crippen LogP contribution < -0.4 is 10.1 Å². The minimum Gasteiger partial charge on any atom is -0.486 e. The van der Waals surface area contributed by atoms with Gasteiger partial charge in [-0.2, -0.15) is 0 Å². The lowest BCUT2D eigenvalue weighted by Gasteiger charge is -2.10. The number of hydrogen-bond acceptors (Lipinski definition) is 4. The van der Waals surface area contributed by atoms with Crippen molar-refractivity contribution in [2.24, 2.45) is 0 Å². The van der Waals surface area contributed by atoms with Gasteiger partial charge in [0.15, 0.2) is 5.76 Å². The third-order valence-electron chi connectivity index (χ3n) is 4.78. The molecule has 2 amide bonds. The van der Waals surface area contributed by atoms with Gasteiger partial charge in [-0.25, -0.2) is 0 Å². The molecule has 0 atom stereocenters. The van der Waals surface area contributed by atoms with Crippen molar-refractivity contribution in [3.05, 3.63) is 95.9 Å². The molecular formula is C25H22N2O4. The fourth-order valence-electron chi connectivity index (χ4n) is 3.14. The molecule has 0 bridgehead atoms. The van der Waals surface area contributed by atoms with Crippen molar-refractivity contribution in [3.8, 4) is 5.75 Å². The van der Waals surface area contributed by atoms with Crippen LogP contribution in [0.5, 0.6) is 5.75 Å². The molecular weight excluding hydrogens is 392 g/mol. The maximum atomic E-state index is 12.5. The van der Waals surface area contributed by atoms with E-state index in [1.54, 1.807) is 50.5 Å². The molecule has 156 valence electrons. The van der Waals surface area contributed by atoms with Gasteiger partial charge in [0, 0.05) is 25.3 Å². The number of furan rings is 1. The Labute approximate surface area is 180 Å². The quantitative estimate of drug-likeness (QED) is 0.484. The average molecular weight is 414 g/mol. The first kappa shape index (κ1) is 20.2. The van der Waals surface area contributed by atoms with Crippen LogP contribution in [0.3, 0.4) is 0 Å². The summed E-state index contributed by atoms with van der Waals surface area (Å²) in [6.45, 7) is 0.215. The molecule has 0 aliphatic rings. The predicted molar refractivity (Wildman–Crippen MR) is 119 cm³/mol. The van der Waals surface area contributed by atoms with Crippen LogP contribution in [-0.4, -0.2) is 30.8 Å². The average Bonchev–Trinajstić information content (AvgIpc) is 3.27. The summed E-state index contributed by atoms with van der Waals surface area (Å²) < 4.78 is 11.4. The zero-order valence-corrected chi connectivity index (χ0v) is 17.3. The summed E-state index contributed by atoms with van der Waals surface area (Å²) in [7, 11) is 3.38. The molecule has 4 aromatic rings. The molecule has 0 radical (unpaired) electrons. The van der Waals surface area contributed by atoms with Gasteiger partial charge in [0.2, 0.25) is 0 Å². The highest BCUT2D eigenvalue weighted by atomic mass is 16.5. The Hall–Kier alpha value is -4.06. The van der Waals surface area contributed by atoms with Crippen LogP contribution in [0.1, 0.15) is 26.7 Å². The molecule has 0 saturated heterocycles. The summed E-state index contributed by atoms with van der Waals surface area (Å²) in [5.74, 6) is 0.993. The highest BCUT2D eigenvalue weighted by Gasteiger charge is 2.13. The first-order valence-corrected chi connectivity index (χ1v) is 9.83. The number of nitrogens with one attached hydrogen (secondary N) is 1. The Kier molecular flexibility index (Phi) is 5.71. The van der Waals surface area contributed by atoms with Gasteiger partial charge in [-0.05, 0) is 59.3 Å². The van der Waals surface area contributed by atoms with Gasteiger partial charge in [-0.1, -0.05) is 30.3 Å². The van der Waals surface area contributed by atoms with Crippen LogP contribution in [0.15, 0.2) is 83.3 Å². The summed E-state index contributed by atoms with van der Waals surface area (Å²) in [5.41, 5.74) is 1.12. The smallest absolute Gasteiger partial charge is 0.291 e. The van der Waals surface area contributed by atoms with Crippen LogP contribution in [0.2, 0.25) is 0 Å². The lowest BCUT2D eigenvalue weighted by atomic mass is 10.1. The lowest BCUT2D eigenvalue weighted by molar-refractivity contribution is 0.0827. The number of fused-ring (bicyclic) bond motifs is 1. The van der Waals surface area contributed by atoms with Gasteiger partial charge in [-0.3, -0.25) is 9.59 Å². The van der Waals surface area contributed by atoms with Crippen molar-refractivity contribution in [1.82, 2.24) is 4.90 Å². The van der Waals surface area contributed by atoms with Crippen molar-refractivity contribution in [2.45, 2.75) is 6.61 Å². The molecule has 0 aliphatic carbocycles. The maximum absolute atomic E-state index is 12.5. The van der Waals surface area contributed by atoms with E-state index < -0.39 is 0 Å². The van der Waals surface area contributed by atoms with Crippen LogP contribution in [-0.2, 0) is 6.61 Å². The molecule has 0 aliphatic heterocycles. The van der Waals surface area contributed by atoms with Gasteiger partial charge in [0.1, 0.15) is 18.1 Å². The highest BCUT2D eigenvalue weighted by molar-refractivity contribution is 6.02. The Morgan fingerprint density at radius 1 is 0.903 bits per heavy atom. The van der Waals surface area contributed by atoms with E-state index in [2.05, 4.69) is 5.32 Å². The monoisotopic (exact) mass is 414 g/mol. The molecule has 1 N–H and O–H groups in total. The molecule has 0 fully saturated rings. The summed E-state index contributed by atoms with van der Waals surface area (Å²) in [6.07, 6.45) is 0. The number of benzene rings is 3. The van der Waals surface area contributed by atoms with Crippen LogP contribution >= 0.6 is 0 Å². The molecule has 4 rings (SSSR count). The molecule has 0 unspecified atom stereocenters. The Bertz CT molecular complexity index is 1230. The van der Waals surface area contributed by atoms with Crippen molar-refractivity contribution in [1.29, 1.82) is 0 Å². The molecule has 3 aromatic carbocycles. The van der Waals surface area contributed by atoms with E-state index in [9.17, 15) is 9.59 Å². The van der Waals surface area contributed by atoms with Gasteiger partial charge in [0.25, 0.3) is 11.8 Å². The Balaban J connectivity index is 1.36. The van der Waals surface area contributed by atoms with Gasteiger partial charge in [-0.15, -0.1) is 0 Å². The first-order valence-electron chi connectivity index (χ1n) is 9.83. The second-order valence-electron chi connectivity index (χ2n) is 7.29. The molecule has 6 heteroatoms. The molecule has 1 heterocycles. The van der Waals surface area contributed by atoms with Gasteiger partial charge < -0.3 is 19.4 Å². The molecule has 0 saturated carbocycles. The van der Waals surface area contributed by atoms with E-state index >= 15 is 0 Å². The van der Waals surface area contributed by atoms with Crippen molar-refractivity contribution < 1.29 is 18.7 Å². The van der Waals surface area contributed by atoms with Crippen LogP contribution in [0.4, 0.5) is 5.69 Å². The number of nitrogens with zero attached hydrogens (tertiary/aromatic N) is 1. The summed E-state index contributed by atoms with van der Waals surface area (Å²) in [5, 5.41) is 5.00. The number of amides is 2. The number of ether oxygens (including phenoxy) is 1. The lowest BCUT2D eigenvalue weighted by Crippen LogP contribution is -2.21. The summed E-state index contributed by atoms with van der Waals surface area (Å²) >= 11 is 0. The maximum Gasteiger partial charge on any atom is 0.291 e. The highest BCUT2D eigenvalue weighted by Crippen LogP contribution is 2.22. The molecule has 6 nitrogen and oxygen atoms in total. The number of hydrogen-bond donors (Lipinski definition) is 1. The minimum absolute atomic E-state index is 0.0973. The van der Waals surface area contributed by atoms with E-state index in [1.165, 1.54) is 4.90 Å². The largest absolute Gasteiger partial charge is 0.486 e. The predicted octanol–water partition coefficient (Wildman–Crippen LogP) is 4.97. The fraction of sp³-hybridized carbons (Fsp3) is 0.120. The number of carbonyl (C=O) groups excluding carboxylic acids is 2. The van der Waals surface area contributed by atoms with Gasteiger partial charge in [0.05, 0.1) is 0 Å². The van der Waals surface area contributed by atoms with E-state index in [4.69, 9.17) is 9.15 Å². The number of rotatable bonds is 6. The van der Waals surface area contributed by atoms with E-state index in [0.29, 0.717) is 17.0 Å². The summed E-state index contributed by atoms with van der Waals surface area (Å²) in [6, 6.07) is 24.0. The van der Waals surface area contributed by atoms with E-state index in [-0.39, 0.29) is 24.2 Å². The van der Waals surface area contributed by atoms with Crippen LogP contribution in [0, 0.1) is 0 Å². The molecule has 1 aromatic heterocycles. The van der Waals surface area contributed by atoms with Crippen molar-refractivity contribution in [2.75, 3.05) is 19.4 Å². The number of anilines is 1. The van der Waals surface area contributed by atoms with Gasteiger partial charge >= 0.3 is 0 Å². The summed E-state index contributed by atoms with van der Waals surface area (Å²) in [4.78, 5) is 25.9. The normalized spacial score (nSPS) is 10.6. The molecule has 0 spiro atoms. The zero-order valence-electron chi connectivity index (χ0n) is 17.3. The first-order chi connectivity index (χ1) is 15.0. The van der Waals surface area contributed by atoms with Crippen molar-refractivity contribution in [3.63, 3.8) is 0 Å². The minimum atomic E-state index is -0.372. The van der Waals surface area contributed by atoms with E-state index in [1.807, 2.05) is 42.5 Å². The number of carbonyl (C=O) groups is 2. The second kappa shape index (κ2) is 8.75. The third kappa shape index (κ3) is 4.75. The van der Waals surface area contributed by atoms with Crippen molar-refractivity contribution >= 4 is 28.3 Å². The zero-order chi connectivity index (χ0) is 21.8. The second-order valence-corrected chi connectivity index (χ2v) is 7.29. The third-order valence-corrected chi connectivity index (χ3v) is 4.78. The SMILES string of the molecule is CN(C)C(=O)c1ccc(NC(=O)c2ccc(COc3ccc4ccccc4c3)o2)cc1. The topological polar surface area (TPSA) is 71.8 Å². The standard InChI is InChI=1S/C25H22N2O4/c1-27(2)25(29)18-7-10-20(11-8-18)26-24(28)23-14-13-22(31-23)16-30-21-12-9-17-5-3-4-6-19(17)15-21/h3-15H,16H2,1-2H3,(H,26,28).